The number of pyridine rings is 1. The molecule has 4 aromatic rings. The number of aromatic nitrogens is 2. The van der Waals surface area contributed by atoms with Gasteiger partial charge in [-0.25, -0.2) is 13.4 Å². The highest BCUT2D eigenvalue weighted by Gasteiger charge is 2.23. The van der Waals surface area contributed by atoms with Crippen LogP contribution in [0.1, 0.15) is 26.7 Å². The fourth-order valence-electron chi connectivity index (χ4n) is 4.66. The minimum absolute atomic E-state index is 0. The van der Waals surface area contributed by atoms with E-state index in [1.54, 1.807) is 45.4 Å². The highest BCUT2D eigenvalue weighted by molar-refractivity contribution is 7.92. The normalized spacial score (nSPS) is 14.0. The molecule has 0 atom stereocenters. The number of ether oxygens (including phenoxy) is 1. The number of rotatable bonds is 8. The number of hydrogen-bond acceptors (Lipinski definition) is 8. The van der Waals surface area contributed by atoms with Gasteiger partial charge in [-0.1, -0.05) is 12.1 Å². The second-order valence-electron chi connectivity index (χ2n) is 9.74. The first-order valence-corrected chi connectivity index (χ1v) is 14.3. The van der Waals surface area contributed by atoms with Crippen molar-refractivity contribution in [1.82, 2.24) is 9.97 Å². The maximum atomic E-state index is 13.0. The predicted molar refractivity (Wildman–Crippen MR) is 166 cm³/mol. The molecule has 4 N–H and O–H groups in total. The van der Waals surface area contributed by atoms with Gasteiger partial charge in [0.15, 0.2) is 9.84 Å². The number of benzene rings is 2. The molecule has 0 radical (unpaired) electrons. The summed E-state index contributed by atoms with van der Waals surface area (Å²) in [7, 11) is -1.86. The Labute approximate surface area is 247 Å². The van der Waals surface area contributed by atoms with Gasteiger partial charge in [0, 0.05) is 42.5 Å². The Balaban J connectivity index is 0.00000220. The summed E-state index contributed by atoms with van der Waals surface area (Å²) < 4.78 is 31.7. The van der Waals surface area contributed by atoms with Crippen molar-refractivity contribution in [1.29, 1.82) is 0 Å². The molecule has 1 fully saturated rings. The minimum Gasteiger partial charge on any atom is -0.494 e. The molecular formula is C28H35Cl2N5O4S. The molecule has 1 aliphatic heterocycles. The van der Waals surface area contributed by atoms with E-state index in [9.17, 15) is 13.5 Å². The van der Waals surface area contributed by atoms with Crippen LogP contribution in [0.25, 0.3) is 11.0 Å². The fraction of sp³-hybridized carbons (Fsp3) is 0.321. The van der Waals surface area contributed by atoms with Crippen LogP contribution >= 0.6 is 24.8 Å². The number of para-hydroxylation sites is 1. The van der Waals surface area contributed by atoms with Crippen molar-refractivity contribution in [3.8, 4) is 5.75 Å². The first kappa shape index (κ1) is 31.3. The number of piperidine rings is 1. The quantitative estimate of drug-likeness (QED) is 0.191. The van der Waals surface area contributed by atoms with E-state index < -0.39 is 15.1 Å². The fourth-order valence-corrected chi connectivity index (χ4v) is 5.87. The van der Waals surface area contributed by atoms with Crippen LogP contribution in [0, 0.1) is 0 Å². The van der Waals surface area contributed by atoms with Gasteiger partial charge >= 0.3 is 0 Å². The number of aromatic amines is 1. The molecule has 216 valence electrons. The summed E-state index contributed by atoms with van der Waals surface area (Å²) in [6, 6.07) is 16.7. The molecule has 0 aliphatic carbocycles. The maximum absolute atomic E-state index is 13.0. The van der Waals surface area contributed by atoms with Crippen LogP contribution in [-0.2, 0) is 9.84 Å². The number of nitrogens with zero attached hydrogens (tertiary/aromatic N) is 2. The molecule has 0 unspecified atom stereocenters. The monoisotopic (exact) mass is 607 g/mol. The number of sulfone groups is 1. The van der Waals surface area contributed by atoms with Gasteiger partial charge in [-0.15, -0.1) is 24.8 Å². The Kier molecular flexibility index (Phi) is 10.2. The lowest BCUT2D eigenvalue weighted by Gasteiger charge is -2.31. The Morgan fingerprint density at radius 2 is 1.73 bits per heavy atom. The number of nitrogens with one attached hydrogen (secondary N) is 3. The van der Waals surface area contributed by atoms with Crippen LogP contribution in [-0.4, -0.2) is 55.0 Å². The minimum atomic E-state index is -3.49. The van der Waals surface area contributed by atoms with Crippen LogP contribution < -0.4 is 20.3 Å². The molecule has 2 aromatic carbocycles. The molecule has 9 nitrogen and oxygen atoms in total. The average Bonchev–Trinajstić information content (AvgIpc) is 3.39. The van der Waals surface area contributed by atoms with Gasteiger partial charge in [-0.3, -0.25) is 0 Å². The number of halogens is 2. The zero-order valence-electron chi connectivity index (χ0n) is 22.5. The van der Waals surface area contributed by atoms with Gasteiger partial charge in [0.2, 0.25) is 0 Å². The van der Waals surface area contributed by atoms with Crippen LogP contribution in [0.4, 0.5) is 28.6 Å². The van der Waals surface area contributed by atoms with Crippen molar-refractivity contribution in [2.45, 2.75) is 42.9 Å². The summed E-state index contributed by atoms with van der Waals surface area (Å²) in [5, 5.41) is 16.8. The zero-order valence-corrected chi connectivity index (χ0v) is 25.0. The van der Waals surface area contributed by atoms with Crippen molar-refractivity contribution in [2.75, 3.05) is 35.7 Å². The molecule has 40 heavy (non-hydrogen) atoms. The largest absolute Gasteiger partial charge is 0.494 e. The van der Waals surface area contributed by atoms with E-state index in [0.29, 0.717) is 28.6 Å². The molecule has 0 saturated carbocycles. The third-order valence-corrected chi connectivity index (χ3v) is 9.10. The summed E-state index contributed by atoms with van der Waals surface area (Å²) in [5.74, 6) is 1.24. The number of fused-ring (bicyclic) bond motifs is 1. The summed E-state index contributed by atoms with van der Waals surface area (Å²) in [6.45, 7) is 4.95. The Hall–Kier alpha value is -3.18. The lowest BCUT2D eigenvalue weighted by molar-refractivity contribution is 0.145. The van der Waals surface area contributed by atoms with E-state index in [1.807, 2.05) is 36.4 Å². The first-order chi connectivity index (χ1) is 18.3. The summed E-state index contributed by atoms with van der Waals surface area (Å²) in [4.78, 5) is 10.4. The number of aliphatic hydroxyl groups excluding tert-OH is 1. The van der Waals surface area contributed by atoms with Crippen molar-refractivity contribution in [2.24, 2.45) is 0 Å². The Morgan fingerprint density at radius 3 is 2.42 bits per heavy atom. The van der Waals surface area contributed by atoms with Crippen LogP contribution in [0.15, 0.2) is 65.7 Å². The maximum Gasteiger partial charge on any atom is 0.182 e. The summed E-state index contributed by atoms with van der Waals surface area (Å²) in [6.07, 6.45) is 3.07. The van der Waals surface area contributed by atoms with Gasteiger partial charge in [-0.2, -0.15) is 0 Å². The second-order valence-corrected chi connectivity index (χ2v) is 12.2. The van der Waals surface area contributed by atoms with Gasteiger partial charge in [0.05, 0.1) is 40.4 Å². The van der Waals surface area contributed by atoms with Crippen molar-refractivity contribution in [3.05, 3.63) is 60.8 Å². The second kappa shape index (κ2) is 13.0. The van der Waals surface area contributed by atoms with Crippen LogP contribution in [0.2, 0.25) is 0 Å². The third-order valence-electron chi connectivity index (χ3n) is 6.89. The van der Waals surface area contributed by atoms with E-state index in [0.717, 1.165) is 42.7 Å². The van der Waals surface area contributed by atoms with Crippen molar-refractivity contribution >= 4 is 74.3 Å². The molecule has 3 heterocycles. The summed E-state index contributed by atoms with van der Waals surface area (Å²) in [5.41, 5.74) is 3.67. The standard InChI is InChI=1S/C28H33N5O4S.2ClH/c1-18(2)38(35,36)26-7-5-4-6-23(26)30-24-17-27(32-28-21(24)10-13-29-28)31-22-9-8-19(16-25(22)37-3)33-14-11-20(34)12-15-33;;/h4-10,13,16-18,20,34H,11-12,14-15H2,1-3H3,(H3,29,30,31,32);2*1H. The number of H-pyrrole nitrogens is 1. The third kappa shape index (κ3) is 6.41. The Morgan fingerprint density at radius 1 is 1.00 bits per heavy atom. The lowest BCUT2D eigenvalue weighted by Crippen LogP contribution is -2.35. The summed E-state index contributed by atoms with van der Waals surface area (Å²) >= 11 is 0. The topological polar surface area (TPSA) is 120 Å². The predicted octanol–water partition coefficient (Wildman–Crippen LogP) is 6.05. The smallest absolute Gasteiger partial charge is 0.182 e. The van der Waals surface area contributed by atoms with Gasteiger partial charge in [0.1, 0.15) is 17.2 Å². The molecule has 1 saturated heterocycles. The van der Waals surface area contributed by atoms with E-state index in [4.69, 9.17) is 9.72 Å². The molecule has 0 bridgehead atoms. The number of aliphatic hydroxyl groups is 1. The number of hydrogen-bond donors (Lipinski definition) is 4. The van der Waals surface area contributed by atoms with Gasteiger partial charge in [-0.05, 0) is 57.0 Å². The van der Waals surface area contributed by atoms with Crippen LogP contribution in [0.5, 0.6) is 5.75 Å². The molecule has 0 spiro atoms. The number of methoxy groups -OCH3 is 1. The van der Waals surface area contributed by atoms with Crippen molar-refractivity contribution < 1.29 is 18.3 Å². The number of anilines is 5. The first-order valence-electron chi connectivity index (χ1n) is 12.7. The van der Waals surface area contributed by atoms with Gasteiger partial charge < -0.3 is 30.4 Å². The van der Waals surface area contributed by atoms with E-state index in [2.05, 4.69) is 20.5 Å². The molecule has 2 aromatic heterocycles. The van der Waals surface area contributed by atoms with E-state index >= 15 is 0 Å². The van der Waals surface area contributed by atoms with Crippen LogP contribution in [0.3, 0.4) is 0 Å². The molecular weight excluding hydrogens is 573 g/mol. The van der Waals surface area contributed by atoms with E-state index in [-0.39, 0.29) is 35.8 Å². The Bertz CT molecular complexity index is 1550. The van der Waals surface area contributed by atoms with Gasteiger partial charge in [0.25, 0.3) is 0 Å². The molecule has 5 rings (SSSR count). The highest BCUT2D eigenvalue weighted by atomic mass is 35.5. The average molecular weight is 609 g/mol. The van der Waals surface area contributed by atoms with Crippen molar-refractivity contribution in [3.63, 3.8) is 0 Å². The SMILES string of the molecule is COc1cc(N2CCC(O)CC2)ccc1Nc1cc(Nc2ccccc2S(=O)(=O)C(C)C)c2cc[nH]c2n1.Cl.Cl. The molecule has 1 aliphatic rings. The molecule has 12 heteroatoms. The zero-order chi connectivity index (χ0) is 26.9. The molecule has 0 amide bonds. The lowest BCUT2D eigenvalue weighted by atomic mass is 10.1. The highest BCUT2D eigenvalue weighted by Crippen LogP contribution is 2.36. The van der Waals surface area contributed by atoms with E-state index in [1.165, 1.54) is 0 Å².